The Hall–Kier alpha value is -3.91. The number of hydrogen-bond acceptors (Lipinski definition) is 3. The summed E-state index contributed by atoms with van der Waals surface area (Å²) in [6.45, 7) is 4.44. The first-order valence-corrected chi connectivity index (χ1v) is 11.8. The van der Waals surface area contributed by atoms with Crippen LogP contribution in [-0.2, 0) is 11.3 Å². The Morgan fingerprint density at radius 1 is 1.00 bits per heavy atom. The van der Waals surface area contributed by atoms with Gasteiger partial charge in [0.05, 0.1) is 0 Å². The standard InChI is InChI=1S/C27H33N5O3/c1-3-19(2)30-26(35)22-12-10-21(11-13-22)24-15-14-23(20-8-5-4-6-9-20)32(24)18-25(34)31-27(28)29-16-7-17-33/h4-6,8-15,19,33H,3,7,16-18H2,1-2H3,(H,30,35)(H3,28,29,31,34). The molecule has 8 heteroatoms. The Labute approximate surface area is 205 Å². The van der Waals surface area contributed by atoms with Crippen LogP contribution < -0.4 is 16.4 Å². The Morgan fingerprint density at radius 2 is 1.63 bits per heavy atom. The summed E-state index contributed by atoms with van der Waals surface area (Å²) in [6.07, 6.45) is 1.37. The number of carbonyl (C=O) groups excluding carboxylic acids is 2. The summed E-state index contributed by atoms with van der Waals surface area (Å²) in [5, 5.41) is 14.7. The van der Waals surface area contributed by atoms with Crippen LogP contribution >= 0.6 is 0 Å². The zero-order valence-corrected chi connectivity index (χ0v) is 20.2. The molecular weight excluding hydrogens is 442 g/mol. The number of aliphatic hydroxyl groups is 1. The maximum atomic E-state index is 12.8. The number of amides is 2. The average Bonchev–Trinajstić information content (AvgIpc) is 3.27. The molecule has 0 spiro atoms. The average molecular weight is 476 g/mol. The molecule has 0 aliphatic rings. The summed E-state index contributed by atoms with van der Waals surface area (Å²) in [6, 6.07) is 21.2. The van der Waals surface area contributed by atoms with Crippen molar-refractivity contribution >= 4 is 17.8 Å². The monoisotopic (exact) mass is 475 g/mol. The van der Waals surface area contributed by atoms with Crippen molar-refractivity contribution in [3.05, 3.63) is 72.3 Å². The third-order valence-electron chi connectivity index (χ3n) is 5.66. The number of carbonyl (C=O) groups is 2. The molecule has 35 heavy (non-hydrogen) atoms. The van der Waals surface area contributed by atoms with E-state index in [4.69, 9.17) is 10.8 Å². The largest absolute Gasteiger partial charge is 0.396 e. The lowest BCUT2D eigenvalue weighted by atomic mass is 10.1. The molecule has 0 radical (unpaired) electrons. The summed E-state index contributed by atoms with van der Waals surface area (Å²) in [4.78, 5) is 29.2. The molecule has 0 aliphatic carbocycles. The van der Waals surface area contributed by atoms with Crippen LogP contribution in [-0.4, -0.2) is 46.6 Å². The van der Waals surface area contributed by atoms with Crippen molar-refractivity contribution in [2.24, 2.45) is 10.7 Å². The Kier molecular flexibility index (Phi) is 9.20. The molecule has 184 valence electrons. The van der Waals surface area contributed by atoms with Crippen molar-refractivity contribution in [1.29, 1.82) is 0 Å². The normalized spacial score (nSPS) is 12.3. The second-order valence-electron chi connectivity index (χ2n) is 8.31. The Balaban J connectivity index is 1.89. The van der Waals surface area contributed by atoms with Gasteiger partial charge in [-0.25, -0.2) is 0 Å². The van der Waals surface area contributed by atoms with E-state index in [2.05, 4.69) is 15.6 Å². The highest BCUT2D eigenvalue weighted by Crippen LogP contribution is 2.29. The molecule has 8 nitrogen and oxygen atoms in total. The zero-order valence-electron chi connectivity index (χ0n) is 20.2. The Bertz CT molecular complexity index is 1150. The summed E-state index contributed by atoms with van der Waals surface area (Å²) in [7, 11) is 0. The second-order valence-corrected chi connectivity index (χ2v) is 8.31. The first-order valence-electron chi connectivity index (χ1n) is 11.8. The molecule has 3 aromatic rings. The minimum Gasteiger partial charge on any atom is -0.396 e. The van der Waals surface area contributed by atoms with Crippen molar-refractivity contribution in [2.75, 3.05) is 13.2 Å². The van der Waals surface area contributed by atoms with Crippen molar-refractivity contribution < 1.29 is 14.7 Å². The number of nitrogens with one attached hydrogen (secondary N) is 2. The Morgan fingerprint density at radius 3 is 2.23 bits per heavy atom. The van der Waals surface area contributed by atoms with E-state index in [1.807, 2.05) is 73.0 Å². The maximum absolute atomic E-state index is 12.8. The topological polar surface area (TPSA) is 122 Å². The van der Waals surface area contributed by atoms with Gasteiger partial charge in [0.25, 0.3) is 11.8 Å². The van der Waals surface area contributed by atoms with Crippen molar-refractivity contribution in [3.63, 3.8) is 0 Å². The maximum Gasteiger partial charge on any atom is 0.268 e. The number of nitrogens with zero attached hydrogens (tertiary/aromatic N) is 2. The van der Waals surface area contributed by atoms with Crippen LogP contribution in [0.5, 0.6) is 0 Å². The van der Waals surface area contributed by atoms with Crippen LogP contribution in [0.4, 0.5) is 0 Å². The number of aliphatic hydroxyl groups excluding tert-OH is 1. The van der Waals surface area contributed by atoms with Crippen LogP contribution in [0.3, 0.4) is 0 Å². The lowest BCUT2D eigenvalue weighted by Gasteiger charge is -2.14. The number of rotatable bonds is 10. The minimum absolute atomic E-state index is 0.00874. The van der Waals surface area contributed by atoms with E-state index in [1.165, 1.54) is 0 Å². The second kappa shape index (κ2) is 12.5. The van der Waals surface area contributed by atoms with E-state index >= 15 is 0 Å². The molecule has 5 N–H and O–H groups in total. The van der Waals surface area contributed by atoms with Gasteiger partial charge >= 0.3 is 0 Å². The van der Waals surface area contributed by atoms with E-state index in [9.17, 15) is 9.59 Å². The third-order valence-corrected chi connectivity index (χ3v) is 5.66. The fourth-order valence-corrected chi connectivity index (χ4v) is 3.59. The molecule has 1 atom stereocenters. The molecule has 0 fully saturated rings. The van der Waals surface area contributed by atoms with Crippen LogP contribution in [0.25, 0.3) is 22.5 Å². The van der Waals surface area contributed by atoms with Crippen LogP contribution in [0.1, 0.15) is 37.0 Å². The smallest absolute Gasteiger partial charge is 0.268 e. The van der Waals surface area contributed by atoms with Gasteiger partial charge in [-0.3, -0.25) is 9.59 Å². The van der Waals surface area contributed by atoms with Gasteiger partial charge in [0.1, 0.15) is 6.54 Å². The first kappa shape index (κ1) is 25.7. The van der Waals surface area contributed by atoms with E-state index in [0.717, 1.165) is 28.9 Å². The minimum atomic E-state index is -0.404. The van der Waals surface area contributed by atoms with E-state index in [0.29, 0.717) is 18.5 Å². The van der Waals surface area contributed by atoms with Gasteiger partial charge < -0.3 is 26.0 Å². The molecule has 0 bridgehead atoms. The highest BCUT2D eigenvalue weighted by molar-refractivity contribution is 5.95. The highest BCUT2D eigenvalue weighted by Gasteiger charge is 2.16. The number of nitrogens with two attached hydrogens (primary N) is 1. The molecule has 1 heterocycles. The van der Waals surface area contributed by atoms with Gasteiger partial charge in [-0.05, 0) is 55.2 Å². The SMILES string of the molecule is CCC(C)NC(=O)c1ccc(-c2ccc(-c3ccccc3)n2CC(=O)/N=C(\N)NCCCO)cc1. The van der Waals surface area contributed by atoms with Crippen molar-refractivity contribution in [2.45, 2.75) is 39.3 Å². The van der Waals surface area contributed by atoms with Gasteiger partial charge in [-0.15, -0.1) is 0 Å². The summed E-state index contributed by atoms with van der Waals surface area (Å²) >= 11 is 0. The van der Waals surface area contributed by atoms with Gasteiger partial charge in [-0.2, -0.15) is 4.99 Å². The summed E-state index contributed by atoms with van der Waals surface area (Å²) in [5.41, 5.74) is 9.94. The molecule has 2 aromatic carbocycles. The highest BCUT2D eigenvalue weighted by atomic mass is 16.3. The van der Waals surface area contributed by atoms with Gasteiger partial charge in [0, 0.05) is 36.1 Å². The quantitative estimate of drug-likeness (QED) is 0.204. The van der Waals surface area contributed by atoms with Crippen LogP contribution in [0, 0.1) is 0 Å². The summed E-state index contributed by atoms with van der Waals surface area (Å²) in [5.74, 6) is -0.492. The third kappa shape index (κ3) is 7.04. The number of hydrogen-bond donors (Lipinski definition) is 4. The molecule has 0 saturated carbocycles. The fraction of sp³-hybridized carbons (Fsp3) is 0.296. The van der Waals surface area contributed by atoms with Crippen molar-refractivity contribution in [3.8, 4) is 22.5 Å². The van der Waals surface area contributed by atoms with E-state index in [-0.39, 0.29) is 31.1 Å². The lowest BCUT2D eigenvalue weighted by Crippen LogP contribution is -2.34. The number of guanidine groups is 1. The number of aliphatic imine (C=N–C) groups is 1. The molecule has 2 amide bonds. The van der Waals surface area contributed by atoms with E-state index < -0.39 is 5.91 Å². The molecular formula is C27H33N5O3. The first-order chi connectivity index (χ1) is 16.9. The molecule has 0 aliphatic heterocycles. The van der Waals surface area contributed by atoms with Crippen LogP contribution in [0.15, 0.2) is 71.7 Å². The fourth-order valence-electron chi connectivity index (χ4n) is 3.59. The van der Waals surface area contributed by atoms with Gasteiger partial charge in [-0.1, -0.05) is 49.4 Å². The molecule has 0 saturated heterocycles. The molecule has 1 aromatic heterocycles. The zero-order chi connectivity index (χ0) is 25.2. The van der Waals surface area contributed by atoms with E-state index in [1.54, 1.807) is 12.1 Å². The predicted octanol–water partition coefficient (Wildman–Crippen LogP) is 3.16. The number of benzene rings is 2. The lowest BCUT2D eigenvalue weighted by molar-refractivity contribution is -0.118. The van der Waals surface area contributed by atoms with Gasteiger partial charge in [0.15, 0.2) is 5.96 Å². The summed E-state index contributed by atoms with van der Waals surface area (Å²) < 4.78 is 1.90. The van der Waals surface area contributed by atoms with Crippen molar-refractivity contribution in [1.82, 2.24) is 15.2 Å². The number of aromatic nitrogens is 1. The van der Waals surface area contributed by atoms with Gasteiger partial charge in [0.2, 0.25) is 0 Å². The van der Waals surface area contributed by atoms with Crippen LogP contribution in [0.2, 0.25) is 0 Å². The molecule has 3 rings (SSSR count). The predicted molar refractivity (Wildman–Crippen MR) is 139 cm³/mol. The molecule has 1 unspecified atom stereocenters.